The molecular formula is C23H22N4O3S. The molecule has 1 aromatic carbocycles. The van der Waals surface area contributed by atoms with Crippen molar-refractivity contribution in [3.63, 3.8) is 0 Å². The van der Waals surface area contributed by atoms with Gasteiger partial charge < -0.3 is 15.4 Å². The van der Waals surface area contributed by atoms with Crippen LogP contribution in [0.3, 0.4) is 0 Å². The highest BCUT2D eigenvalue weighted by Crippen LogP contribution is 2.43. The number of fused-ring (bicyclic) bond motifs is 2. The molecule has 1 aromatic heterocycles. The van der Waals surface area contributed by atoms with Crippen molar-refractivity contribution in [1.82, 2.24) is 4.90 Å². The Morgan fingerprint density at radius 3 is 2.84 bits per heavy atom. The lowest BCUT2D eigenvalue weighted by atomic mass is 9.82. The molecule has 158 valence electrons. The summed E-state index contributed by atoms with van der Waals surface area (Å²) in [7, 11) is 0. The number of likely N-dealkylation sites (tertiary alicyclic amines) is 1. The fourth-order valence-electron chi connectivity index (χ4n) is 4.68. The lowest BCUT2D eigenvalue weighted by molar-refractivity contribution is -0.00569. The molecule has 8 heteroatoms. The third kappa shape index (κ3) is 3.29. The second-order valence-electron chi connectivity index (χ2n) is 8.47. The summed E-state index contributed by atoms with van der Waals surface area (Å²) < 4.78 is 6.27. The van der Waals surface area contributed by atoms with E-state index in [1.54, 1.807) is 18.2 Å². The largest absolute Gasteiger partial charge is 0.486 e. The van der Waals surface area contributed by atoms with Gasteiger partial charge in [-0.1, -0.05) is 11.3 Å². The maximum atomic E-state index is 13.3. The number of carbonyl (C=O) groups excluding carboxylic acids is 2. The van der Waals surface area contributed by atoms with E-state index < -0.39 is 5.60 Å². The zero-order chi connectivity index (χ0) is 21.8. The molecule has 1 saturated heterocycles. The van der Waals surface area contributed by atoms with Gasteiger partial charge in [0.15, 0.2) is 5.78 Å². The van der Waals surface area contributed by atoms with E-state index in [0.29, 0.717) is 53.4 Å². The van der Waals surface area contributed by atoms with Gasteiger partial charge in [-0.2, -0.15) is 5.26 Å². The van der Waals surface area contributed by atoms with E-state index in [-0.39, 0.29) is 18.1 Å². The summed E-state index contributed by atoms with van der Waals surface area (Å²) >= 11 is 1.38. The van der Waals surface area contributed by atoms with E-state index in [0.717, 1.165) is 29.1 Å². The number of hydrogen-bond donors (Lipinski definition) is 1. The molecule has 0 atom stereocenters. The second-order valence-corrected chi connectivity index (χ2v) is 9.50. The number of nitriles is 1. The number of carbonyl (C=O) groups is 2. The van der Waals surface area contributed by atoms with Gasteiger partial charge in [-0.3, -0.25) is 9.59 Å². The van der Waals surface area contributed by atoms with Crippen molar-refractivity contribution in [1.29, 1.82) is 5.26 Å². The number of aliphatic imine (C=N–C) groups is 1. The number of amides is 1. The number of ether oxygens (including phenoxy) is 1. The van der Waals surface area contributed by atoms with Gasteiger partial charge in [-0.05, 0) is 38.0 Å². The summed E-state index contributed by atoms with van der Waals surface area (Å²) in [5.41, 5.74) is 9.16. The first-order chi connectivity index (χ1) is 14.9. The number of Topliss-reactive ketones (excluding diaryl/α,β-unsaturated/α-hetero) is 1. The highest BCUT2D eigenvalue weighted by atomic mass is 32.1. The molecule has 0 aliphatic carbocycles. The Kier molecular flexibility index (Phi) is 4.59. The van der Waals surface area contributed by atoms with Crippen LogP contribution in [0.25, 0.3) is 0 Å². The number of benzene rings is 1. The smallest absolute Gasteiger partial charge is 0.257 e. The minimum absolute atomic E-state index is 0.0116. The molecule has 3 aliphatic heterocycles. The Labute approximate surface area is 184 Å². The van der Waals surface area contributed by atoms with Crippen molar-refractivity contribution in [2.45, 2.75) is 44.6 Å². The van der Waals surface area contributed by atoms with Gasteiger partial charge in [0, 0.05) is 37.2 Å². The molecule has 7 nitrogen and oxygen atoms in total. The molecule has 3 aliphatic rings. The van der Waals surface area contributed by atoms with Crippen LogP contribution in [0, 0.1) is 11.3 Å². The van der Waals surface area contributed by atoms with Crippen LogP contribution in [0.4, 0.5) is 10.0 Å². The summed E-state index contributed by atoms with van der Waals surface area (Å²) in [4.78, 5) is 32.5. The summed E-state index contributed by atoms with van der Waals surface area (Å²) in [5, 5.41) is 10.5. The first-order valence-corrected chi connectivity index (χ1v) is 11.2. The summed E-state index contributed by atoms with van der Waals surface area (Å²) in [6.45, 7) is 3.00. The topological polar surface area (TPSA) is 109 Å². The molecule has 2 aromatic rings. The quantitative estimate of drug-likeness (QED) is 0.733. The lowest BCUT2D eigenvalue weighted by Gasteiger charge is -2.44. The monoisotopic (exact) mass is 434 g/mol. The van der Waals surface area contributed by atoms with E-state index in [1.165, 1.54) is 11.3 Å². The number of anilines is 1. The predicted octanol–water partition coefficient (Wildman–Crippen LogP) is 3.88. The van der Waals surface area contributed by atoms with Crippen LogP contribution < -0.4 is 10.5 Å². The van der Waals surface area contributed by atoms with Crippen molar-refractivity contribution < 1.29 is 14.3 Å². The minimum Gasteiger partial charge on any atom is -0.486 e. The van der Waals surface area contributed by atoms with Gasteiger partial charge in [0.05, 0.1) is 29.2 Å². The van der Waals surface area contributed by atoms with Crippen molar-refractivity contribution in [3.05, 3.63) is 40.5 Å². The molecule has 0 unspecified atom stereocenters. The SMILES string of the molecule is CC1=Nc2sc(N)c(C(=O)N3CCC4(CC3)CC(=O)c3cc(C#N)ccc3O4)c2CC1. The van der Waals surface area contributed by atoms with Crippen LogP contribution >= 0.6 is 11.3 Å². The molecule has 0 bridgehead atoms. The van der Waals surface area contributed by atoms with E-state index >= 15 is 0 Å². The molecule has 0 saturated carbocycles. The van der Waals surface area contributed by atoms with E-state index in [2.05, 4.69) is 11.1 Å². The third-order valence-corrected chi connectivity index (χ3v) is 7.39. The minimum atomic E-state index is -0.601. The first-order valence-electron chi connectivity index (χ1n) is 10.4. The van der Waals surface area contributed by atoms with Crippen LogP contribution in [-0.2, 0) is 6.42 Å². The molecular weight excluding hydrogens is 412 g/mol. The normalized spacial score (nSPS) is 19.2. The van der Waals surface area contributed by atoms with Crippen molar-refractivity contribution in [2.75, 3.05) is 18.8 Å². The number of hydrogen-bond acceptors (Lipinski definition) is 7. The summed E-state index contributed by atoms with van der Waals surface area (Å²) in [6, 6.07) is 7.02. The molecule has 1 amide bonds. The molecule has 4 heterocycles. The van der Waals surface area contributed by atoms with Crippen molar-refractivity contribution in [2.24, 2.45) is 4.99 Å². The molecule has 1 fully saturated rings. The van der Waals surface area contributed by atoms with Gasteiger partial charge in [0.1, 0.15) is 21.4 Å². The molecule has 0 radical (unpaired) electrons. The van der Waals surface area contributed by atoms with Crippen LogP contribution in [0.5, 0.6) is 5.75 Å². The Hall–Kier alpha value is -3.18. The average Bonchev–Trinajstić information content (AvgIpc) is 3.08. The fourth-order valence-corrected chi connectivity index (χ4v) is 5.73. The van der Waals surface area contributed by atoms with Crippen LogP contribution in [0.15, 0.2) is 23.2 Å². The number of nitrogens with two attached hydrogens (primary N) is 1. The Morgan fingerprint density at radius 2 is 2.10 bits per heavy atom. The highest BCUT2D eigenvalue weighted by Gasteiger charge is 2.44. The van der Waals surface area contributed by atoms with Crippen molar-refractivity contribution in [3.8, 4) is 11.8 Å². The second kappa shape index (κ2) is 7.20. The Bertz CT molecular complexity index is 1180. The van der Waals surface area contributed by atoms with Gasteiger partial charge in [0.2, 0.25) is 0 Å². The number of thiophene rings is 1. The Morgan fingerprint density at radius 1 is 1.32 bits per heavy atom. The van der Waals surface area contributed by atoms with Crippen LogP contribution in [0.1, 0.15) is 64.4 Å². The highest BCUT2D eigenvalue weighted by molar-refractivity contribution is 7.20. The maximum Gasteiger partial charge on any atom is 0.257 e. The molecule has 1 spiro atoms. The number of nitrogen functional groups attached to an aromatic ring is 1. The number of nitrogens with zero attached hydrogens (tertiary/aromatic N) is 3. The summed E-state index contributed by atoms with van der Waals surface area (Å²) in [5.74, 6) is 0.461. The zero-order valence-corrected chi connectivity index (χ0v) is 18.1. The molecule has 5 rings (SSSR count). The number of rotatable bonds is 1. The van der Waals surface area contributed by atoms with Crippen LogP contribution in [0.2, 0.25) is 0 Å². The third-order valence-electron chi connectivity index (χ3n) is 6.44. The van der Waals surface area contributed by atoms with Crippen molar-refractivity contribution >= 4 is 38.7 Å². The van der Waals surface area contributed by atoms with Crippen LogP contribution in [-0.4, -0.2) is 41.0 Å². The van der Waals surface area contributed by atoms with Gasteiger partial charge in [-0.15, -0.1) is 0 Å². The van der Waals surface area contributed by atoms with Gasteiger partial charge in [0.25, 0.3) is 5.91 Å². The van der Waals surface area contributed by atoms with Gasteiger partial charge in [-0.25, -0.2) is 4.99 Å². The lowest BCUT2D eigenvalue weighted by Crippen LogP contribution is -2.52. The van der Waals surface area contributed by atoms with E-state index in [1.807, 2.05) is 11.8 Å². The zero-order valence-electron chi connectivity index (χ0n) is 17.2. The molecule has 31 heavy (non-hydrogen) atoms. The fraction of sp³-hybridized carbons (Fsp3) is 0.391. The van der Waals surface area contributed by atoms with Gasteiger partial charge >= 0.3 is 0 Å². The predicted molar refractivity (Wildman–Crippen MR) is 118 cm³/mol. The number of ketones is 1. The molecule has 2 N–H and O–H groups in total. The average molecular weight is 435 g/mol. The number of piperidine rings is 1. The summed E-state index contributed by atoms with van der Waals surface area (Å²) in [6.07, 6.45) is 3.05. The first kappa shape index (κ1) is 19.8. The van der Waals surface area contributed by atoms with E-state index in [9.17, 15) is 9.59 Å². The standard InChI is InChI=1S/C23H22N4O3S/c1-13-2-4-15-19(20(25)31-21(15)26-13)22(29)27-8-6-23(7-9-27)11-17(28)16-10-14(12-24)3-5-18(16)30-23/h3,5,10H,2,4,6-9,11,25H2,1H3. The van der Waals surface area contributed by atoms with E-state index in [4.69, 9.17) is 15.7 Å². The Balaban J connectivity index is 1.34. The maximum absolute atomic E-state index is 13.3.